The molecule has 142 valence electrons. The maximum Gasteiger partial charge on any atom is 0.262 e. The van der Waals surface area contributed by atoms with E-state index in [1.54, 1.807) is 31.3 Å². The lowest BCUT2D eigenvalue weighted by molar-refractivity contribution is -0.118. The first kappa shape index (κ1) is 19.6. The summed E-state index contributed by atoms with van der Waals surface area (Å²) in [5.74, 6) is -0.0547. The van der Waals surface area contributed by atoms with E-state index in [4.69, 9.17) is 4.74 Å². The van der Waals surface area contributed by atoms with Crippen molar-refractivity contribution in [2.45, 2.75) is 0 Å². The van der Waals surface area contributed by atoms with Gasteiger partial charge in [-0.25, -0.2) is 0 Å². The largest absolute Gasteiger partial charge is 0.483 e. The number of carbonyl (C=O) groups excluding carboxylic acids is 2. The van der Waals surface area contributed by atoms with Crippen LogP contribution in [0.15, 0.2) is 77.3 Å². The Kier molecular flexibility index (Phi) is 6.45. The van der Waals surface area contributed by atoms with Crippen LogP contribution in [0.2, 0.25) is 0 Å². The van der Waals surface area contributed by atoms with Crippen molar-refractivity contribution in [3.63, 3.8) is 0 Å². The second-order valence-electron chi connectivity index (χ2n) is 5.97. The Balaban J connectivity index is 1.65. The highest BCUT2D eigenvalue weighted by atomic mass is 79.9. The summed E-state index contributed by atoms with van der Waals surface area (Å²) in [6, 6.07) is 22.5. The van der Waals surface area contributed by atoms with E-state index in [1.165, 1.54) is 0 Å². The molecule has 0 saturated heterocycles. The molecule has 0 aromatic heterocycles. The summed E-state index contributed by atoms with van der Waals surface area (Å²) in [6.07, 6.45) is 0. The van der Waals surface area contributed by atoms with Gasteiger partial charge in [-0.1, -0.05) is 48.5 Å². The third-order valence-electron chi connectivity index (χ3n) is 4.07. The molecule has 2 N–H and O–H groups in total. The second kappa shape index (κ2) is 9.19. The fraction of sp³-hybridized carbons (Fsp3) is 0.0909. The topological polar surface area (TPSA) is 67.4 Å². The Morgan fingerprint density at radius 2 is 1.64 bits per heavy atom. The molecule has 0 saturated carbocycles. The number of anilines is 1. The van der Waals surface area contributed by atoms with E-state index >= 15 is 0 Å². The maximum absolute atomic E-state index is 12.3. The molecule has 3 aromatic rings. The number of amides is 2. The van der Waals surface area contributed by atoms with E-state index < -0.39 is 0 Å². The van der Waals surface area contributed by atoms with Gasteiger partial charge in [-0.2, -0.15) is 0 Å². The highest BCUT2D eigenvalue weighted by molar-refractivity contribution is 9.10. The van der Waals surface area contributed by atoms with Gasteiger partial charge in [0.15, 0.2) is 6.61 Å². The van der Waals surface area contributed by atoms with E-state index in [1.807, 2.05) is 48.5 Å². The molecule has 3 aromatic carbocycles. The molecule has 2 amide bonds. The minimum Gasteiger partial charge on any atom is -0.483 e. The molecule has 5 nitrogen and oxygen atoms in total. The molecule has 0 radical (unpaired) electrons. The number of halogens is 1. The van der Waals surface area contributed by atoms with Crippen LogP contribution in [0.4, 0.5) is 5.69 Å². The quantitative estimate of drug-likeness (QED) is 0.595. The van der Waals surface area contributed by atoms with Gasteiger partial charge in [-0.3, -0.25) is 9.59 Å². The summed E-state index contributed by atoms with van der Waals surface area (Å²) < 4.78 is 6.39. The van der Waals surface area contributed by atoms with Gasteiger partial charge in [-0.15, -0.1) is 0 Å². The third-order valence-corrected chi connectivity index (χ3v) is 4.69. The lowest BCUT2D eigenvalue weighted by atomic mass is 10.1. The lowest BCUT2D eigenvalue weighted by Gasteiger charge is -2.12. The number of rotatable bonds is 6. The molecule has 3 rings (SSSR count). The van der Waals surface area contributed by atoms with Crippen molar-refractivity contribution >= 4 is 33.4 Å². The van der Waals surface area contributed by atoms with Gasteiger partial charge in [0.05, 0.1) is 15.7 Å². The third kappa shape index (κ3) is 4.78. The lowest BCUT2D eigenvalue weighted by Crippen LogP contribution is -2.24. The van der Waals surface area contributed by atoms with Gasteiger partial charge in [0.25, 0.3) is 11.8 Å². The van der Waals surface area contributed by atoms with Crippen molar-refractivity contribution in [2.75, 3.05) is 19.0 Å². The molecular weight excluding hydrogens is 420 g/mol. The van der Waals surface area contributed by atoms with Crippen molar-refractivity contribution in [3.8, 4) is 16.9 Å². The average Bonchev–Trinajstić information content (AvgIpc) is 2.73. The number of nitrogens with one attached hydrogen (secondary N) is 2. The first-order chi connectivity index (χ1) is 13.6. The number of carbonyl (C=O) groups is 2. The number of hydrogen-bond acceptors (Lipinski definition) is 3. The fourth-order valence-electron chi connectivity index (χ4n) is 2.68. The van der Waals surface area contributed by atoms with E-state index in [-0.39, 0.29) is 18.4 Å². The van der Waals surface area contributed by atoms with Gasteiger partial charge in [0, 0.05) is 7.05 Å². The molecule has 0 aliphatic rings. The molecule has 6 heteroatoms. The number of hydrogen-bond donors (Lipinski definition) is 2. The van der Waals surface area contributed by atoms with Crippen LogP contribution < -0.4 is 15.4 Å². The van der Waals surface area contributed by atoms with Gasteiger partial charge >= 0.3 is 0 Å². The first-order valence-electron chi connectivity index (χ1n) is 8.67. The zero-order chi connectivity index (χ0) is 19.9. The van der Waals surface area contributed by atoms with Crippen LogP contribution in [-0.4, -0.2) is 25.5 Å². The predicted octanol–water partition coefficient (Wildman–Crippen LogP) is 4.49. The second-order valence-corrected chi connectivity index (χ2v) is 6.83. The Morgan fingerprint density at radius 1 is 0.929 bits per heavy atom. The van der Waals surface area contributed by atoms with Gasteiger partial charge < -0.3 is 15.4 Å². The average molecular weight is 439 g/mol. The molecule has 0 bridgehead atoms. The van der Waals surface area contributed by atoms with Crippen LogP contribution in [0.5, 0.6) is 5.75 Å². The van der Waals surface area contributed by atoms with Gasteiger partial charge in [0.2, 0.25) is 0 Å². The summed E-state index contributed by atoms with van der Waals surface area (Å²) in [7, 11) is 1.54. The van der Waals surface area contributed by atoms with Crippen molar-refractivity contribution in [2.24, 2.45) is 0 Å². The smallest absolute Gasteiger partial charge is 0.262 e. The molecule has 0 aliphatic carbocycles. The van der Waals surface area contributed by atoms with E-state index in [2.05, 4.69) is 26.6 Å². The summed E-state index contributed by atoms with van der Waals surface area (Å²) in [4.78, 5) is 24.2. The summed E-state index contributed by atoms with van der Waals surface area (Å²) in [5.41, 5.74) is 2.97. The minimum absolute atomic E-state index is 0.175. The van der Waals surface area contributed by atoms with Crippen molar-refractivity contribution in [3.05, 3.63) is 82.8 Å². The molecule has 0 fully saturated rings. The van der Waals surface area contributed by atoms with Crippen LogP contribution in [0.3, 0.4) is 0 Å². The SMILES string of the molecule is CNC(=O)c1ccccc1NC(=O)COc1ccc(-c2ccccc2)cc1Br. The highest BCUT2D eigenvalue weighted by Gasteiger charge is 2.13. The molecule has 0 atom stereocenters. The van der Waals surface area contributed by atoms with Gasteiger partial charge in [0.1, 0.15) is 5.75 Å². The normalized spacial score (nSPS) is 10.2. The van der Waals surface area contributed by atoms with Crippen molar-refractivity contribution < 1.29 is 14.3 Å². The number of benzene rings is 3. The number of ether oxygens (including phenoxy) is 1. The monoisotopic (exact) mass is 438 g/mol. The zero-order valence-electron chi connectivity index (χ0n) is 15.2. The van der Waals surface area contributed by atoms with Crippen LogP contribution in [0.1, 0.15) is 10.4 Å². The predicted molar refractivity (Wildman–Crippen MR) is 114 cm³/mol. The fourth-order valence-corrected chi connectivity index (χ4v) is 3.18. The summed E-state index contributed by atoms with van der Waals surface area (Å²) in [5, 5.41) is 5.26. The Morgan fingerprint density at radius 3 is 2.36 bits per heavy atom. The van der Waals surface area contributed by atoms with Crippen LogP contribution >= 0.6 is 15.9 Å². The minimum atomic E-state index is -0.351. The van der Waals surface area contributed by atoms with Crippen molar-refractivity contribution in [1.29, 1.82) is 0 Å². The molecule has 0 aliphatic heterocycles. The molecule has 0 unspecified atom stereocenters. The summed E-state index contributed by atoms with van der Waals surface area (Å²) in [6.45, 7) is -0.175. The van der Waals surface area contributed by atoms with Gasteiger partial charge in [-0.05, 0) is 51.3 Å². The Bertz CT molecular complexity index is 990. The molecule has 0 spiro atoms. The van der Waals surface area contributed by atoms with Crippen LogP contribution in [0, 0.1) is 0 Å². The number of para-hydroxylation sites is 1. The first-order valence-corrected chi connectivity index (χ1v) is 9.46. The van der Waals surface area contributed by atoms with E-state index in [0.717, 1.165) is 15.6 Å². The molecule has 0 heterocycles. The zero-order valence-corrected chi connectivity index (χ0v) is 16.8. The van der Waals surface area contributed by atoms with E-state index in [9.17, 15) is 9.59 Å². The van der Waals surface area contributed by atoms with Crippen molar-refractivity contribution in [1.82, 2.24) is 5.32 Å². The summed E-state index contributed by atoms with van der Waals surface area (Å²) >= 11 is 3.49. The maximum atomic E-state index is 12.3. The highest BCUT2D eigenvalue weighted by Crippen LogP contribution is 2.30. The molecule has 28 heavy (non-hydrogen) atoms. The Hall–Kier alpha value is -3.12. The van der Waals surface area contributed by atoms with Crippen LogP contribution in [0.25, 0.3) is 11.1 Å². The van der Waals surface area contributed by atoms with Crippen LogP contribution in [-0.2, 0) is 4.79 Å². The molecular formula is C22H19BrN2O3. The standard InChI is InChI=1S/C22H19BrN2O3/c1-24-22(27)17-9-5-6-10-19(17)25-21(26)14-28-20-12-11-16(13-18(20)23)15-7-3-2-4-8-15/h2-13H,14H2,1H3,(H,24,27)(H,25,26). The Labute approximate surface area is 171 Å². The van der Waals surface area contributed by atoms with E-state index in [0.29, 0.717) is 17.0 Å².